The predicted octanol–water partition coefficient (Wildman–Crippen LogP) is 4.20. The Labute approximate surface area is 196 Å². The lowest BCUT2D eigenvalue weighted by Gasteiger charge is -2.18. The van der Waals surface area contributed by atoms with Gasteiger partial charge in [0.2, 0.25) is 10.0 Å². The van der Waals surface area contributed by atoms with Crippen LogP contribution in [0.4, 0.5) is 0 Å². The van der Waals surface area contributed by atoms with E-state index >= 15 is 0 Å². The molecule has 0 unspecified atom stereocenters. The molecule has 0 aliphatic heterocycles. The van der Waals surface area contributed by atoms with Gasteiger partial charge in [0.1, 0.15) is 5.15 Å². The number of pyridine rings is 1. The molecule has 0 saturated carbocycles. The summed E-state index contributed by atoms with van der Waals surface area (Å²) in [6.45, 7) is 6.37. The monoisotopic (exact) mass is 490 g/mol. The number of benzene rings is 1. The Morgan fingerprint density at radius 2 is 1.78 bits per heavy atom. The van der Waals surface area contributed by atoms with Gasteiger partial charge in [-0.2, -0.15) is 9.40 Å². The largest absolute Gasteiger partial charge is 0.276 e. The summed E-state index contributed by atoms with van der Waals surface area (Å²) >= 11 is 8.06. The lowest BCUT2D eigenvalue weighted by atomic mass is 10.3. The fourth-order valence-corrected chi connectivity index (χ4v) is 6.26. The molecule has 3 aromatic heterocycles. The van der Waals surface area contributed by atoms with E-state index in [2.05, 4.69) is 15.3 Å². The Kier molecular flexibility index (Phi) is 6.57. The molecule has 4 aromatic rings. The van der Waals surface area contributed by atoms with Crippen molar-refractivity contribution in [2.75, 3.05) is 13.1 Å². The maximum absolute atomic E-state index is 12.9. The van der Waals surface area contributed by atoms with Gasteiger partial charge in [-0.15, -0.1) is 10.2 Å². The Morgan fingerprint density at radius 1 is 1.06 bits per heavy atom. The summed E-state index contributed by atoms with van der Waals surface area (Å²) in [6.07, 6.45) is 1.58. The van der Waals surface area contributed by atoms with Gasteiger partial charge in [-0.1, -0.05) is 55.4 Å². The number of fused-ring (bicyclic) bond motifs is 1. The average Bonchev–Trinajstić information content (AvgIpc) is 3.33. The highest BCUT2D eigenvalue weighted by atomic mass is 35.5. The molecule has 0 fully saturated rings. The molecule has 8 nitrogen and oxygen atoms in total. The molecule has 0 N–H and O–H groups in total. The standard InChI is InChI=1S/C21H23ClN6O2S2/c1-4-26(5-2)32(29,30)17-11-12-19-23-24-21(27(19)13-17)31-14-18-15(3)25-28(20(18)22)16-9-7-6-8-10-16/h6-13H,4-5,14H2,1-3H3. The number of aromatic nitrogens is 5. The van der Waals surface area contributed by atoms with Crippen molar-refractivity contribution in [2.45, 2.75) is 36.6 Å². The molecule has 4 rings (SSSR count). The minimum atomic E-state index is -3.58. The van der Waals surface area contributed by atoms with Crippen LogP contribution >= 0.6 is 23.4 Å². The second-order valence-electron chi connectivity index (χ2n) is 7.06. The first-order chi connectivity index (χ1) is 15.4. The number of thioether (sulfide) groups is 1. The van der Waals surface area contributed by atoms with Gasteiger partial charge < -0.3 is 0 Å². The smallest absolute Gasteiger partial charge is 0.244 e. The van der Waals surface area contributed by atoms with Crippen LogP contribution in [0.25, 0.3) is 11.3 Å². The van der Waals surface area contributed by atoms with Crippen molar-refractivity contribution in [3.8, 4) is 5.69 Å². The summed E-state index contributed by atoms with van der Waals surface area (Å²) in [4.78, 5) is 0.210. The fourth-order valence-electron chi connectivity index (χ4n) is 3.39. The average molecular weight is 491 g/mol. The van der Waals surface area contributed by atoms with Gasteiger partial charge in [-0.25, -0.2) is 13.1 Å². The normalized spacial score (nSPS) is 12.2. The Balaban J connectivity index is 1.63. The molecule has 0 radical (unpaired) electrons. The highest BCUT2D eigenvalue weighted by Crippen LogP contribution is 2.30. The van der Waals surface area contributed by atoms with Crippen molar-refractivity contribution in [1.29, 1.82) is 0 Å². The first-order valence-electron chi connectivity index (χ1n) is 10.1. The molecule has 3 heterocycles. The SMILES string of the molecule is CCN(CC)S(=O)(=O)c1ccc2nnc(SCc3c(C)nn(-c4ccccc4)c3Cl)n2c1. The zero-order chi connectivity index (χ0) is 22.9. The molecule has 0 bridgehead atoms. The summed E-state index contributed by atoms with van der Waals surface area (Å²) in [5, 5.41) is 14.1. The summed E-state index contributed by atoms with van der Waals surface area (Å²) in [5.41, 5.74) is 3.18. The predicted molar refractivity (Wildman–Crippen MR) is 126 cm³/mol. The molecule has 1 aromatic carbocycles. The van der Waals surface area contributed by atoms with E-state index < -0.39 is 10.0 Å². The lowest BCUT2D eigenvalue weighted by molar-refractivity contribution is 0.445. The number of halogens is 1. The van der Waals surface area contributed by atoms with E-state index in [1.165, 1.54) is 16.1 Å². The van der Waals surface area contributed by atoms with Crippen LogP contribution in [0.5, 0.6) is 0 Å². The van der Waals surface area contributed by atoms with Crippen molar-refractivity contribution in [3.05, 3.63) is 65.1 Å². The molecule has 0 saturated heterocycles. The van der Waals surface area contributed by atoms with E-state index in [0.29, 0.717) is 34.8 Å². The lowest BCUT2D eigenvalue weighted by Crippen LogP contribution is -2.30. The zero-order valence-electron chi connectivity index (χ0n) is 17.9. The van der Waals surface area contributed by atoms with Crippen molar-refractivity contribution >= 4 is 39.0 Å². The van der Waals surface area contributed by atoms with Crippen molar-refractivity contribution in [3.63, 3.8) is 0 Å². The summed E-state index contributed by atoms with van der Waals surface area (Å²) < 4.78 is 30.7. The van der Waals surface area contributed by atoms with Crippen LogP contribution in [0.2, 0.25) is 5.15 Å². The van der Waals surface area contributed by atoms with E-state index in [1.807, 2.05) is 51.1 Å². The van der Waals surface area contributed by atoms with Gasteiger partial charge in [0, 0.05) is 30.6 Å². The van der Waals surface area contributed by atoms with E-state index in [4.69, 9.17) is 11.6 Å². The first kappa shape index (κ1) is 22.8. The highest BCUT2D eigenvalue weighted by Gasteiger charge is 2.23. The third kappa shape index (κ3) is 4.15. The number of rotatable bonds is 8. The van der Waals surface area contributed by atoms with E-state index in [1.54, 1.807) is 27.4 Å². The molecular weight excluding hydrogens is 468 g/mol. The van der Waals surface area contributed by atoms with Crippen LogP contribution in [-0.4, -0.2) is 50.2 Å². The number of hydrogen-bond donors (Lipinski definition) is 0. The van der Waals surface area contributed by atoms with E-state index in [9.17, 15) is 8.42 Å². The highest BCUT2D eigenvalue weighted by molar-refractivity contribution is 7.98. The molecule has 0 spiro atoms. The third-order valence-electron chi connectivity index (χ3n) is 5.16. The van der Waals surface area contributed by atoms with Crippen LogP contribution in [0.1, 0.15) is 25.1 Å². The maximum atomic E-state index is 12.9. The maximum Gasteiger partial charge on any atom is 0.244 e. The minimum Gasteiger partial charge on any atom is -0.276 e. The second kappa shape index (κ2) is 9.22. The molecule has 0 atom stereocenters. The van der Waals surface area contributed by atoms with Crippen molar-refractivity contribution in [1.82, 2.24) is 28.7 Å². The molecule has 32 heavy (non-hydrogen) atoms. The summed E-state index contributed by atoms with van der Waals surface area (Å²) in [5.74, 6) is 0.519. The first-order valence-corrected chi connectivity index (χ1v) is 12.9. The van der Waals surface area contributed by atoms with Crippen LogP contribution in [-0.2, 0) is 15.8 Å². The Hall–Kier alpha value is -2.40. The minimum absolute atomic E-state index is 0.210. The van der Waals surface area contributed by atoms with Crippen LogP contribution in [0.3, 0.4) is 0 Å². The van der Waals surface area contributed by atoms with Crippen LogP contribution in [0, 0.1) is 6.92 Å². The van der Waals surface area contributed by atoms with E-state index in [0.717, 1.165) is 16.9 Å². The third-order valence-corrected chi connectivity index (χ3v) is 8.55. The van der Waals surface area contributed by atoms with Gasteiger partial charge in [-0.05, 0) is 31.2 Å². The van der Waals surface area contributed by atoms with Crippen LogP contribution < -0.4 is 0 Å². The summed E-state index contributed by atoms with van der Waals surface area (Å²) in [7, 11) is -3.58. The second-order valence-corrected chi connectivity index (χ2v) is 10.3. The molecule has 0 amide bonds. The fraction of sp³-hybridized carbons (Fsp3) is 0.286. The van der Waals surface area contributed by atoms with Gasteiger partial charge in [-0.3, -0.25) is 4.40 Å². The molecular formula is C21H23ClN6O2S2. The number of sulfonamides is 1. The van der Waals surface area contributed by atoms with E-state index in [-0.39, 0.29) is 4.90 Å². The number of aryl methyl sites for hydroxylation is 1. The number of para-hydroxylation sites is 1. The number of nitrogens with zero attached hydrogens (tertiary/aromatic N) is 6. The zero-order valence-corrected chi connectivity index (χ0v) is 20.3. The van der Waals surface area contributed by atoms with Gasteiger partial charge >= 0.3 is 0 Å². The summed E-state index contributed by atoms with van der Waals surface area (Å²) in [6, 6.07) is 12.9. The topological polar surface area (TPSA) is 85.4 Å². The molecule has 0 aliphatic rings. The molecule has 168 valence electrons. The molecule has 0 aliphatic carbocycles. The van der Waals surface area contributed by atoms with Gasteiger partial charge in [0.05, 0.1) is 16.3 Å². The molecule has 11 heteroatoms. The van der Waals surface area contributed by atoms with Gasteiger partial charge in [0.15, 0.2) is 10.8 Å². The van der Waals surface area contributed by atoms with Crippen molar-refractivity contribution in [2.24, 2.45) is 0 Å². The van der Waals surface area contributed by atoms with Gasteiger partial charge in [0.25, 0.3) is 0 Å². The Morgan fingerprint density at radius 3 is 2.47 bits per heavy atom. The Bertz CT molecular complexity index is 1350. The number of hydrogen-bond acceptors (Lipinski definition) is 6. The van der Waals surface area contributed by atoms with Crippen molar-refractivity contribution < 1.29 is 8.42 Å². The van der Waals surface area contributed by atoms with Crippen LogP contribution in [0.15, 0.2) is 58.7 Å². The quantitative estimate of drug-likeness (QED) is 0.344.